The van der Waals surface area contributed by atoms with Gasteiger partial charge in [-0.2, -0.15) is 0 Å². The summed E-state index contributed by atoms with van der Waals surface area (Å²) in [5.41, 5.74) is 12.8. The number of rotatable bonds is 4. The SMILES string of the molecule is C=C(Cc1ccc(N)cc1C)c1ccc(CC)cc1. The maximum atomic E-state index is 5.78. The minimum Gasteiger partial charge on any atom is -0.399 e. The second kappa shape index (κ2) is 5.75. The third kappa shape index (κ3) is 3.25. The molecule has 0 amide bonds. The molecule has 0 aromatic heterocycles. The first-order chi connectivity index (χ1) is 9.10. The minimum absolute atomic E-state index is 0.819. The topological polar surface area (TPSA) is 26.0 Å². The predicted molar refractivity (Wildman–Crippen MR) is 84.1 cm³/mol. The van der Waals surface area contributed by atoms with Crippen LogP contribution in [-0.2, 0) is 12.8 Å². The summed E-state index contributed by atoms with van der Waals surface area (Å²) in [5.74, 6) is 0. The number of benzene rings is 2. The van der Waals surface area contributed by atoms with Crippen LogP contribution in [0.4, 0.5) is 5.69 Å². The van der Waals surface area contributed by atoms with Crippen LogP contribution in [0.25, 0.3) is 5.57 Å². The molecule has 0 unspecified atom stereocenters. The van der Waals surface area contributed by atoms with Crippen molar-refractivity contribution in [3.63, 3.8) is 0 Å². The number of hydrogen-bond acceptors (Lipinski definition) is 1. The van der Waals surface area contributed by atoms with Crippen LogP contribution in [0.3, 0.4) is 0 Å². The molecule has 0 bridgehead atoms. The Kier molecular flexibility index (Phi) is 4.06. The number of anilines is 1. The molecule has 98 valence electrons. The van der Waals surface area contributed by atoms with Gasteiger partial charge in [-0.1, -0.05) is 43.8 Å². The molecule has 0 aliphatic heterocycles. The first kappa shape index (κ1) is 13.4. The molecule has 0 saturated carbocycles. The monoisotopic (exact) mass is 251 g/mol. The molecule has 0 heterocycles. The van der Waals surface area contributed by atoms with Crippen LogP contribution in [-0.4, -0.2) is 0 Å². The summed E-state index contributed by atoms with van der Waals surface area (Å²) >= 11 is 0. The fourth-order valence-electron chi connectivity index (χ4n) is 2.23. The van der Waals surface area contributed by atoms with E-state index in [1.54, 1.807) is 0 Å². The number of nitrogen functional groups attached to an aromatic ring is 1. The smallest absolute Gasteiger partial charge is 0.0316 e. The lowest BCUT2D eigenvalue weighted by molar-refractivity contribution is 1.14. The summed E-state index contributed by atoms with van der Waals surface area (Å²) < 4.78 is 0. The Morgan fingerprint density at radius 1 is 1.11 bits per heavy atom. The van der Waals surface area contributed by atoms with E-state index in [1.807, 2.05) is 12.1 Å². The highest BCUT2D eigenvalue weighted by Crippen LogP contribution is 2.22. The van der Waals surface area contributed by atoms with Crippen LogP contribution >= 0.6 is 0 Å². The molecule has 0 saturated heterocycles. The van der Waals surface area contributed by atoms with Crippen molar-refractivity contribution in [1.82, 2.24) is 0 Å². The Morgan fingerprint density at radius 2 is 1.79 bits per heavy atom. The van der Waals surface area contributed by atoms with Crippen LogP contribution in [0.15, 0.2) is 49.0 Å². The van der Waals surface area contributed by atoms with Gasteiger partial charge in [-0.25, -0.2) is 0 Å². The van der Waals surface area contributed by atoms with E-state index in [9.17, 15) is 0 Å². The summed E-state index contributed by atoms with van der Waals surface area (Å²) in [6.45, 7) is 8.47. The number of nitrogens with two attached hydrogens (primary N) is 1. The molecule has 2 aromatic carbocycles. The number of aryl methyl sites for hydroxylation is 2. The Labute approximate surface area is 115 Å². The van der Waals surface area contributed by atoms with Gasteiger partial charge in [0.05, 0.1) is 0 Å². The van der Waals surface area contributed by atoms with Crippen LogP contribution in [0.5, 0.6) is 0 Å². The van der Waals surface area contributed by atoms with Crippen molar-refractivity contribution in [2.75, 3.05) is 5.73 Å². The minimum atomic E-state index is 0.819. The number of hydrogen-bond donors (Lipinski definition) is 1. The predicted octanol–water partition coefficient (Wildman–Crippen LogP) is 4.40. The van der Waals surface area contributed by atoms with Gasteiger partial charge in [0.15, 0.2) is 0 Å². The van der Waals surface area contributed by atoms with E-state index in [4.69, 9.17) is 5.73 Å². The molecule has 1 nitrogen and oxygen atoms in total. The Morgan fingerprint density at radius 3 is 2.37 bits per heavy atom. The van der Waals surface area contributed by atoms with Crippen LogP contribution in [0, 0.1) is 6.92 Å². The van der Waals surface area contributed by atoms with E-state index in [0.717, 1.165) is 24.1 Å². The molecule has 1 heteroatoms. The zero-order valence-corrected chi connectivity index (χ0v) is 11.7. The lowest BCUT2D eigenvalue weighted by Crippen LogP contribution is -1.95. The lowest BCUT2D eigenvalue weighted by atomic mass is 9.96. The standard InChI is InChI=1S/C18H21N/c1-4-15-5-7-16(8-6-15)13(2)11-17-9-10-18(19)12-14(17)3/h5-10,12H,2,4,11,19H2,1,3H3. The highest BCUT2D eigenvalue weighted by molar-refractivity contribution is 5.66. The van der Waals surface area contributed by atoms with Crippen molar-refractivity contribution in [2.24, 2.45) is 0 Å². The van der Waals surface area contributed by atoms with E-state index >= 15 is 0 Å². The summed E-state index contributed by atoms with van der Waals surface area (Å²) in [7, 11) is 0. The molecule has 2 aromatic rings. The molecule has 0 aliphatic rings. The van der Waals surface area contributed by atoms with Gasteiger partial charge in [-0.15, -0.1) is 0 Å². The molecule has 0 fully saturated rings. The van der Waals surface area contributed by atoms with Gasteiger partial charge in [0.1, 0.15) is 0 Å². The van der Waals surface area contributed by atoms with Gasteiger partial charge >= 0.3 is 0 Å². The van der Waals surface area contributed by atoms with Crippen molar-refractivity contribution >= 4 is 11.3 Å². The molecular formula is C18H21N. The Balaban J connectivity index is 2.15. The van der Waals surface area contributed by atoms with Gasteiger partial charge < -0.3 is 5.73 Å². The maximum absolute atomic E-state index is 5.78. The van der Waals surface area contributed by atoms with Gasteiger partial charge in [-0.05, 0) is 59.7 Å². The van der Waals surface area contributed by atoms with Crippen molar-refractivity contribution in [2.45, 2.75) is 26.7 Å². The summed E-state index contributed by atoms with van der Waals surface area (Å²) in [5, 5.41) is 0. The normalized spacial score (nSPS) is 10.4. The van der Waals surface area contributed by atoms with E-state index in [0.29, 0.717) is 0 Å². The number of allylic oxidation sites excluding steroid dienone is 1. The molecule has 0 atom stereocenters. The lowest BCUT2D eigenvalue weighted by Gasteiger charge is -2.10. The van der Waals surface area contributed by atoms with Gasteiger partial charge in [0.25, 0.3) is 0 Å². The summed E-state index contributed by atoms with van der Waals surface area (Å²) in [6, 6.07) is 14.7. The second-order valence-electron chi connectivity index (χ2n) is 5.02. The highest BCUT2D eigenvalue weighted by atomic mass is 14.5. The third-order valence-corrected chi connectivity index (χ3v) is 3.54. The fraction of sp³-hybridized carbons (Fsp3) is 0.222. The molecule has 2 rings (SSSR count). The molecule has 0 aliphatic carbocycles. The summed E-state index contributed by atoms with van der Waals surface area (Å²) in [4.78, 5) is 0. The molecule has 0 radical (unpaired) electrons. The zero-order valence-electron chi connectivity index (χ0n) is 11.7. The molecule has 2 N–H and O–H groups in total. The highest BCUT2D eigenvalue weighted by Gasteiger charge is 2.04. The van der Waals surface area contributed by atoms with E-state index < -0.39 is 0 Å². The van der Waals surface area contributed by atoms with Gasteiger partial charge in [0, 0.05) is 5.69 Å². The van der Waals surface area contributed by atoms with Crippen molar-refractivity contribution in [3.05, 3.63) is 71.3 Å². The van der Waals surface area contributed by atoms with Gasteiger partial charge in [0.2, 0.25) is 0 Å². The largest absolute Gasteiger partial charge is 0.399 e. The second-order valence-corrected chi connectivity index (χ2v) is 5.02. The molecular weight excluding hydrogens is 230 g/mol. The van der Waals surface area contributed by atoms with Crippen molar-refractivity contribution in [3.8, 4) is 0 Å². The fourth-order valence-corrected chi connectivity index (χ4v) is 2.23. The quantitative estimate of drug-likeness (QED) is 0.801. The van der Waals surface area contributed by atoms with Gasteiger partial charge in [-0.3, -0.25) is 0 Å². The molecule has 19 heavy (non-hydrogen) atoms. The van der Waals surface area contributed by atoms with Crippen LogP contribution < -0.4 is 5.73 Å². The average molecular weight is 251 g/mol. The van der Waals surface area contributed by atoms with E-state index in [1.165, 1.54) is 22.3 Å². The third-order valence-electron chi connectivity index (χ3n) is 3.54. The zero-order chi connectivity index (χ0) is 13.8. The van der Waals surface area contributed by atoms with Crippen LogP contribution in [0.1, 0.15) is 29.2 Å². The van der Waals surface area contributed by atoms with Crippen LogP contribution in [0.2, 0.25) is 0 Å². The summed E-state index contributed by atoms with van der Waals surface area (Å²) in [6.07, 6.45) is 1.95. The first-order valence-electron chi connectivity index (χ1n) is 6.72. The average Bonchev–Trinajstić information content (AvgIpc) is 2.42. The molecule has 0 spiro atoms. The first-order valence-corrected chi connectivity index (χ1v) is 6.72. The Hall–Kier alpha value is -2.02. The van der Waals surface area contributed by atoms with E-state index in [-0.39, 0.29) is 0 Å². The van der Waals surface area contributed by atoms with E-state index in [2.05, 4.69) is 50.8 Å². The maximum Gasteiger partial charge on any atom is 0.0316 e. The Bertz CT molecular complexity index is 579. The van der Waals surface area contributed by atoms with Crippen molar-refractivity contribution in [1.29, 1.82) is 0 Å². The van der Waals surface area contributed by atoms with Crippen molar-refractivity contribution < 1.29 is 0 Å².